The zero-order valence-electron chi connectivity index (χ0n) is 16.0. The number of hydrazone groups is 1. The fourth-order valence-corrected chi connectivity index (χ4v) is 3.68. The number of fused-ring (bicyclic) bond motifs is 1. The van der Waals surface area contributed by atoms with Crippen LogP contribution in [-0.2, 0) is 9.59 Å². The van der Waals surface area contributed by atoms with Crippen LogP contribution < -0.4 is 4.74 Å². The zero-order valence-corrected chi connectivity index (χ0v) is 16.8. The largest absolute Gasteiger partial charge is 0.497 e. The van der Waals surface area contributed by atoms with E-state index < -0.39 is 17.9 Å². The molecule has 3 heterocycles. The van der Waals surface area contributed by atoms with Gasteiger partial charge in [-0.05, 0) is 36.4 Å². The third kappa shape index (κ3) is 3.86. The predicted molar refractivity (Wildman–Crippen MR) is 110 cm³/mol. The lowest BCUT2D eigenvalue weighted by Crippen LogP contribution is -2.27. The molecule has 9 heteroatoms. The van der Waals surface area contributed by atoms with Crippen molar-refractivity contribution in [2.75, 3.05) is 7.11 Å². The van der Waals surface area contributed by atoms with Gasteiger partial charge in [-0.2, -0.15) is 5.10 Å². The third-order valence-corrected chi connectivity index (χ3v) is 5.19. The molecule has 4 rings (SSSR count). The number of carboxylic acids is 1. The predicted octanol–water partition coefficient (Wildman–Crippen LogP) is 4.03. The molecule has 30 heavy (non-hydrogen) atoms. The van der Waals surface area contributed by atoms with E-state index in [9.17, 15) is 9.59 Å². The Kier molecular flexibility index (Phi) is 5.41. The summed E-state index contributed by atoms with van der Waals surface area (Å²) >= 11 is 6.48. The van der Waals surface area contributed by atoms with Crippen LogP contribution in [0.15, 0.2) is 52.2 Å². The lowest BCUT2D eigenvalue weighted by molar-refractivity contribution is -0.141. The Morgan fingerprint density at radius 1 is 1.30 bits per heavy atom. The van der Waals surface area contributed by atoms with Gasteiger partial charge in [0, 0.05) is 23.8 Å². The van der Waals surface area contributed by atoms with Gasteiger partial charge in [0.1, 0.15) is 22.4 Å². The molecular formula is C21H18ClN3O5. The molecule has 3 aromatic rings. The van der Waals surface area contributed by atoms with E-state index in [4.69, 9.17) is 25.9 Å². The van der Waals surface area contributed by atoms with E-state index in [0.29, 0.717) is 34.7 Å². The summed E-state index contributed by atoms with van der Waals surface area (Å²) < 4.78 is 10.7. The number of pyridine rings is 1. The number of ether oxygens (including phenoxy) is 1. The second-order valence-electron chi connectivity index (χ2n) is 6.80. The molecule has 0 fully saturated rings. The van der Waals surface area contributed by atoms with Crippen molar-refractivity contribution in [2.24, 2.45) is 5.10 Å². The van der Waals surface area contributed by atoms with Gasteiger partial charge in [0.2, 0.25) is 5.91 Å². The van der Waals surface area contributed by atoms with E-state index >= 15 is 0 Å². The van der Waals surface area contributed by atoms with E-state index in [1.54, 1.807) is 31.4 Å². The number of hydrogen-bond acceptors (Lipinski definition) is 6. The molecule has 1 N–H and O–H groups in total. The lowest BCUT2D eigenvalue weighted by atomic mass is 10.0. The molecule has 8 nitrogen and oxygen atoms in total. The summed E-state index contributed by atoms with van der Waals surface area (Å²) in [4.78, 5) is 28.1. The molecule has 0 radical (unpaired) electrons. The van der Waals surface area contributed by atoms with E-state index in [-0.39, 0.29) is 18.0 Å². The van der Waals surface area contributed by atoms with Gasteiger partial charge in [-0.3, -0.25) is 9.59 Å². The number of methoxy groups -OCH3 is 1. The number of carbonyl (C=O) groups excluding carboxylic acids is 1. The third-order valence-electron chi connectivity index (χ3n) is 4.89. The monoisotopic (exact) mass is 427 g/mol. The molecule has 1 atom stereocenters. The average Bonchev–Trinajstić information content (AvgIpc) is 3.41. The SMILES string of the molecule is COc1ccc2nc(Cl)c([C@H]3CC(c4ccco4)=NN3C(=O)CCC(=O)O)cc2c1. The Morgan fingerprint density at radius 2 is 2.13 bits per heavy atom. The molecule has 1 amide bonds. The molecule has 0 unspecified atom stereocenters. The van der Waals surface area contributed by atoms with E-state index in [1.807, 2.05) is 12.1 Å². The van der Waals surface area contributed by atoms with Gasteiger partial charge in [0.15, 0.2) is 0 Å². The molecular weight excluding hydrogens is 410 g/mol. The van der Waals surface area contributed by atoms with Crippen LogP contribution in [0.3, 0.4) is 0 Å². The molecule has 0 saturated carbocycles. The molecule has 1 aliphatic heterocycles. The molecule has 1 aromatic carbocycles. The van der Waals surface area contributed by atoms with Crippen molar-refractivity contribution in [1.82, 2.24) is 9.99 Å². The number of hydrogen-bond donors (Lipinski definition) is 1. The first-order valence-electron chi connectivity index (χ1n) is 9.25. The summed E-state index contributed by atoms with van der Waals surface area (Å²) in [5.41, 5.74) is 1.89. The minimum Gasteiger partial charge on any atom is -0.497 e. The van der Waals surface area contributed by atoms with Crippen LogP contribution in [0.1, 0.15) is 36.6 Å². The summed E-state index contributed by atoms with van der Waals surface area (Å²) in [6.07, 6.45) is 1.43. The van der Waals surface area contributed by atoms with Crippen molar-refractivity contribution in [3.05, 3.63) is 59.1 Å². The van der Waals surface area contributed by atoms with Gasteiger partial charge in [-0.15, -0.1) is 0 Å². The molecule has 0 aliphatic carbocycles. The number of aliphatic carboxylic acids is 1. The number of carbonyl (C=O) groups is 2. The minimum atomic E-state index is -1.05. The van der Waals surface area contributed by atoms with Gasteiger partial charge < -0.3 is 14.3 Å². The van der Waals surface area contributed by atoms with E-state index in [1.165, 1.54) is 11.3 Å². The highest BCUT2D eigenvalue weighted by Gasteiger charge is 2.35. The van der Waals surface area contributed by atoms with Crippen molar-refractivity contribution in [1.29, 1.82) is 0 Å². The van der Waals surface area contributed by atoms with Crippen molar-refractivity contribution in [3.8, 4) is 5.75 Å². The summed E-state index contributed by atoms with van der Waals surface area (Å²) in [5, 5.41) is 15.7. The summed E-state index contributed by atoms with van der Waals surface area (Å²) in [5.74, 6) is -0.247. The number of benzene rings is 1. The van der Waals surface area contributed by atoms with Crippen molar-refractivity contribution in [2.45, 2.75) is 25.3 Å². The molecule has 0 bridgehead atoms. The highest BCUT2D eigenvalue weighted by molar-refractivity contribution is 6.30. The lowest BCUT2D eigenvalue weighted by Gasteiger charge is -2.22. The number of halogens is 1. The van der Waals surface area contributed by atoms with Gasteiger partial charge in [-0.1, -0.05) is 11.6 Å². The maximum Gasteiger partial charge on any atom is 0.303 e. The Hall–Kier alpha value is -3.39. The van der Waals surface area contributed by atoms with Gasteiger partial charge in [0.25, 0.3) is 0 Å². The van der Waals surface area contributed by atoms with Crippen molar-refractivity contribution in [3.63, 3.8) is 0 Å². The standard InChI is InChI=1S/C21H18ClN3O5/c1-29-13-4-5-15-12(9-13)10-14(21(22)23-15)17-11-16(18-3-2-8-30-18)24-25(17)19(26)6-7-20(27)28/h2-5,8-10,17H,6-7,11H2,1H3,(H,27,28)/t17-/m1/s1. The number of rotatable bonds is 6. The number of carboxylic acid groups (broad SMARTS) is 1. The van der Waals surface area contributed by atoms with Gasteiger partial charge >= 0.3 is 5.97 Å². The van der Waals surface area contributed by atoms with Crippen LogP contribution in [0.25, 0.3) is 10.9 Å². The fraction of sp³-hybridized carbons (Fsp3) is 0.238. The molecule has 1 aliphatic rings. The van der Waals surface area contributed by atoms with Gasteiger partial charge in [0.05, 0.1) is 31.4 Å². The van der Waals surface area contributed by atoms with Crippen molar-refractivity contribution < 1.29 is 23.8 Å². The minimum absolute atomic E-state index is 0.173. The zero-order chi connectivity index (χ0) is 21.3. The van der Waals surface area contributed by atoms with Crippen LogP contribution >= 0.6 is 11.6 Å². The summed E-state index contributed by atoms with van der Waals surface area (Å²) in [7, 11) is 1.58. The number of aromatic nitrogens is 1. The summed E-state index contributed by atoms with van der Waals surface area (Å²) in [6, 6.07) is 10.3. The number of amides is 1. The maximum atomic E-state index is 12.8. The average molecular weight is 428 g/mol. The highest BCUT2D eigenvalue weighted by Crippen LogP contribution is 2.38. The van der Waals surface area contributed by atoms with Crippen LogP contribution in [0.5, 0.6) is 5.75 Å². The Bertz CT molecular complexity index is 1140. The molecule has 0 saturated heterocycles. The highest BCUT2D eigenvalue weighted by atomic mass is 35.5. The smallest absolute Gasteiger partial charge is 0.303 e. The summed E-state index contributed by atoms with van der Waals surface area (Å²) in [6.45, 7) is 0. The van der Waals surface area contributed by atoms with Gasteiger partial charge in [-0.25, -0.2) is 9.99 Å². The maximum absolute atomic E-state index is 12.8. The Morgan fingerprint density at radius 3 is 2.83 bits per heavy atom. The Balaban J connectivity index is 1.74. The number of nitrogens with zero attached hydrogens (tertiary/aromatic N) is 3. The normalized spacial score (nSPS) is 16.0. The van der Waals surface area contributed by atoms with Crippen LogP contribution in [0, 0.1) is 0 Å². The first-order valence-corrected chi connectivity index (χ1v) is 9.63. The first kappa shape index (κ1) is 19.9. The van der Waals surface area contributed by atoms with Crippen molar-refractivity contribution >= 4 is 40.1 Å². The van der Waals surface area contributed by atoms with E-state index in [2.05, 4.69) is 10.1 Å². The topological polar surface area (TPSA) is 105 Å². The fourth-order valence-electron chi connectivity index (χ4n) is 3.41. The second kappa shape index (κ2) is 8.16. The van der Waals surface area contributed by atoms with Crippen LogP contribution in [-0.4, -0.2) is 39.8 Å². The van der Waals surface area contributed by atoms with Crippen LogP contribution in [0.2, 0.25) is 5.15 Å². The van der Waals surface area contributed by atoms with Crippen LogP contribution in [0.4, 0.5) is 0 Å². The molecule has 0 spiro atoms. The second-order valence-corrected chi connectivity index (χ2v) is 7.16. The van der Waals surface area contributed by atoms with E-state index in [0.717, 1.165) is 5.39 Å². The first-order chi connectivity index (χ1) is 14.5. The molecule has 2 aromatic heterocycles. The quantitative estimate of drug-likeness (QED) is 0.595. The number of furan rings is 1. The molecule has 154 valence electrons. The Labute approximate surface area is 176 Å².